The van der Waals surface area contributed by atoms with Gasteiger partial charge in [0.05, 0.1) is 6.54 Å². The van der Waals surface area contributed by atoms with Crippen molar-refractivity contribution in [1.82, 2.24) is 20.0 Å². The molecule has 29 heavy (non-hydrogen) atoms. The van der Waals surface area contributed by atoms with E-state index in [0.717, 1.165) is 44.3 Å². The van der Waals surface area contributed by atoms with Gasteiger partial charge in [0, 0.05) is 45.2 Å². The standard InChI is InChI=1S/C22H30N4O3/c27-19(24-13-8-18(9-14-24)22(29)25-11-4-5-12-25)16-26-15-10-23-21(28)20(26)17-6-2-1-3-7-17/h1-3,6-7,18,20H,4-5,8-16H2,(H,23,28). The first-order valence-corrected chi connectivity index (χ1v) is 10.8. The average Bonchev–Trinajstić information content (AvgIpc) is 3.29. The number of hydrogen-bond donors (Lipinski definition) is 1. The first-order valence-electron chi connectivity index (χ1n) is 10.8. The van der Waals surface area contributed by atoms with Crippen LogP contribution in [0.3, 0.4) is 0 Å². The summed E-state index contributed by atoms with van der Waals surface area (Å²) in [4.78, 5) is 43.8. The summed E-state index contributed by atoms with van der Waals surface area (Å²) in [6, 6.07) is 9.19. The van der Waals surface area contributed by atoms with Gasteiger partial charge in [0.1, 0.15) is 6.04 Å². The van der Waals surface area contributed by atoms with Gasteiger partial charge in [0.2, 0.25) is 17.7 Å². The molecule has 1 aromatic rings. The van der Waals surface area contributed by atoms with Gasteiger partial charge in [0.25, 0.3) is 0 Å². The van der Waals surface area contributed by atoms with Crippen molar-refractivity contribution in [3.63, 3.8) is 0 Å². The van der Waals surface area contributed by atoms with Crippen LogP contribution in [0.1, 0.15) is 37.3 Å². The van der Waals surface area contributed by atoms with Crippen molar-refractivity contribution < 1.29 is 14.4 Å². The molecule has 1 aromatic carbocycles. The Kier molecular flexibility index (Phi) is 6.13. The first kappa shape index (κ1) is 19.9. The van der Waals surface area contributed by atoms with E-state index in [4.69, 9.17) is 0 Å². The summed E-state index contributed by atoms with van der Waals surface area (Å²) in [6.45, 7) is 4.46. The molecule has 4 rings (SSSR count). The molecule has 0 aliphatic carbocycles. The topological polar surface area (TPSA) is 73.0 Å². The zero-order valence-electron chi connectivity index (χ0n) is 16.9. The van der Waals surface area contributed by atoms with Crippen LogP contribution in [0, 0.1) is 5.92 Å². The minimum absolute atomic E-state index is 0.0488. The van der Waals surface area contributed by atoms with Crippen LogP contribution in [-0.2, 0) is 14.4 Å². The molecule has 0 aromatic heterocycles. The van der Waals surface area contributed by atoms with Gasteiger partial charge in [-0.2, -0.15) is 0 Å². The molecule has 3 aliphatic rings. The number of likely N-dealkylation sites (tertiary alicyclic amines) is 2. The lowest BCUT2D eigenvalue weighted by molar-refractivity contribution is -0.142. The Morgan fingerprint density at radius 2 is 1.62 bits per heavy atom. The van der Waals surface area contributed by atoms with Crippen LogP contribution in [-0.4, -0.2) is 78.2 Å². The number of nitrogens with zero attached hydrogens (tertiary/aromatic N) is 3. The molecular formula is C22H30N4O3. The van der Waals surface area contributed by atoms with Crippen LogP contribution < -0.4 is 5.32 Å². The molecule has 0 radical (unpaired) electrons. The minimum Gasteiger partial charge on any atom is -0.353 e. The Balaban J connectivity index is 1.34. The monoisotopic (exact) mass is 398 g/mol. The molecular weight excluding hydrogens is 368 g/mol. The second-order valence-electron chi connectivity index (χ2n) is 8.26. The van der Waals surface area contributed by atoms with E-state index in [2.05, 4.69) is 5.32 Å². The number of hydrogen-bond acceptors (Lipinski definition) is 4. The lowest BCUT2D eigenvalue weighted by atomic mass is 9.95. The van der Waals surface area contributed by atoms with E-state index in [1.807, 2.05) is 45.0 Å². The zero-order chi connectivity index (χ0) is 20.2. The molecule has 7 nitrogen and oxygen atoms in total. The fourth-order valence-electron chi connectivity index (χ4n) is 4.73. The molecule has 3 fully saturated rings. The van der Waals surface area contributed by atoms with Gasteiger partial charge in [-0.15, -0.1) is 0 Å². The van der Waals surface area contributed by atoms with E-state index in [1.54, 1.807) is 0 Å². The molecule has 1 N–H and O–H groups in total. The van der Waals surface area contributed by atoms with Crippen LogP contribution in [0.25, 0.3) is 0 Å². The Morgan fingerprint density at radius 3 is 2.31 bits per heavy atom. The summed E-state index contributed by atoms with van der Waals surface area (Å²) in [5.41, 5.74) is 0.910. The van der Waals surface area contributed by atoms with E-state index in [1.165, 1.54) is 0 Å². The molecule has 0 bridgehead atoms. The highest BCUT2D eigenvalue weighted by molar-refractivity contribution is 5.86. The number of nitrogens with one attached hydrogen (secondary N) is 1. The maximum Gasteiger partial charge on any atom is 0.242 e. The molecule has 1 unspecified atom stereocenters. The molecule has 156 valence electrons. The third-order valence-corrected chi connectivity index (χ3v) is 6.38. The third kappa shape index (κ3) is 4.45. The van der Waals surface area contributed by atoms with Crippen LogP contribution in [0.15, 0.2) is 30.3 Å². The van der Waals surface area contributed by atoms with Gasteiger partial charge in [0.15, 0.2) is 0 Å². The second-order valence-corrected chi connectivity index (χ2v) is 8.26. The molecule has 1 atom stereocenters. The van der Waals surface area contributed by atoms with Gasteiger partial charge in [-0.3, -0.25) is 19.3 Å². The fraction of sp³-hybridized carbons (Fsp3) is 0.591. The zero-order valence-corrected chi connectivity index (χ0v) is 16.9. The lowest BCUT2D eigenvalue weighted by Gasteiger charge is -2.38. The predicted molar refractivity (Wildman–Crippen MR) is 109 cm³/mol. The first-order chi connectivity index (χ1) is 14.1. The van der Waals surface area contributed by atoms with E-state index < -0.39 is 6.04 Å². The van der Waals surface area contributed by atoms with E-state index in [0.29, 0.717) is 26.2 Å². The number of piperidine rings is 1. The van der Waals surface area contributed by atoms with E-state index in [9.17, 15) is 14.4 Å². The number of carbonyl (C=O) groups excluding carboxylic acids is 3. The SMILES string of the molecule is O=C1NCCN(CC(=O)N2CCC(C(=O)N3CCCC3)CC2)C1c1ccccc1. The summed E-state index contributed by atoms with van der Waals surface area (Å²) in [6.07, 6.45) is 3.69. The highest BCUT2D eigenvalue weighted by Gasteiger charge is 2.35. The Hall–Kier alpha value is -2.41. The quantitative estimate of drug-likeness (QED) is 0.822. The van der Waals surface area contributed by atoms with Gasteiger partial charge in [-0.25, -0.2) is 0 Å². The Morgan fingerprint density at radius 1 is 0.931 bits per heavy atom. The van der Waals surface area contributed by atoms with Crippen molar-refractivity contribution in [3.05, 3.63) is 35.9 Å². The van der Waals surface area contributed by atoms with Crippen molar-refractivity contribution in [1.29, 1.82) is 0 Å². The molecule has 0 saturated carbocycles. The van der Waals surface area contributed by atoms with Crippen LogP contribution in [0.2, 0.25) is 0 Å². The highest BCUT2D eigenvalue weighted by atomic mass is 16.2. The van der Waals surface area contributed by atoms with Crippen LogP contribution in [0.5, 0.6) is 0 Å². The molecule has 3 saturated heterocycles. The summed E-state index contributed by atoms with van der Waals surface area (Å²) < 4.78 is 0. The molecule has 3 amide bonds. The van der Waals surface area contributed by atoms with Gasteiger partial charge < -0.3 is 15.1 Å². The third-order valence-electron chi connectivity index (χ3n) is 6.38. The van der Waals surface area contributed by atoms with E-state index in [-0.39, 0.29) is 30.2 Å². The van der Waals surface area contributed by atoms with Crippen molar-refractivity contribution in [2.24, 2.45) is 5.92 Å². The largest absolute Gasteiger partial charge is 0.353 e. The average molecular weight is 399 g/mol. The van der Waals surface area contributed by atoms with Crippen molar-refractivity contribution in [2.75, 3.05) is 45.8 Å². The maximum atomic E-state index is 12.9. The van der Waals surface area contributed by atoms with Gasteiger partial charge in [-0.05, 0) is 31.2 Å². The van der Waals surface area contributed by atoms with E-state index >= 15 is 0 Å². The molecule has 3 heterocycles. The number of carbonyl (C=O) groups is 3. The summed E-state index contributed by atoms with van der Waals surface area (Å²) >= 11 is 0. The molecule has 7 heteroatoms. The molecule has 3 aliphatic heterocycles. The summed E-state index contributed by atoms with van der Waals surface area (Å²) in [7, 11) is 0. The Labute approximate surface area is 172 Å². The Bertz CT molecular complexity index is 740. The minimum atomic E-state index is -0.428. The maximum absolute atomic E-state index is 12.9. The van der Waals surface area contributed by atoms with Crippen molar-refractivity contribution in [2.45, 2.75) is 31.7 Å². The fourth-order valence-corrected chi connectivity index (χ4v) is 4.73. The highest BCUT2D eigenvalue weighted by Crippen LogP contribution is 2.25. The lowest BCUT2D eigenvalue weighted by Crippen LogP contribution is -2.54. The van der Waals surface area contributed by atoms with Crippen LogP contribution in [0.4, 0.5) is 0 Å². The van der Waals surface area contributed by atoms with Gasteiger partial charge in [-0.1, -0.05) is 30.3 Å². The second kappa shape index (κ2) is 8.95. The van der Waals surface area contributed by atoms with Gasteiger partial charge >= 0.3 is 0 Å². The normalized spacial score (nSPS) is 23.9. The van der Waals surface area contributed by atoms with Crippen LogP contribution >= 0.6 is 0 Å². The van der Waals surface area contributed by atoms with Crippen molar-refractivity contribution >= 4 is 17.7 Å². The number of amides is 3. The number of rotatable bonds is 4. The van der Waals surface area contributed by atoms with Crippen molar-refractivity contribution in [3.8, 4) is 0 Å². The number of piperazine rings is 1. The summed E-state index contributed by atoms with van der Waals surface area (Å²) in [5.74, 6) is 0.319. The summed E-state index contributed by atoms with van der Waals surface area (Å²) in [5, 5.41) is 2.91. The molecule has 0 spiro atoms. The smallest absolute Gasteiger partial charge is 0.242 e. The number of benzene rings is 1. The predicted octanol–water partition coefficient (Wildman–Crippen LogP) is 1.02.